The summed E-state index contributed by atoms with van der Waals surface area (Å²) in [6, 6.07) is 7.15. The maximum Gasteiger partial charge on any atom is 0.324 e. The SMILES string of the molecule is C=C1NC(=O)Nc2ccccc2N1. The van der Waals surface area contributed by atoms with Crippen molar-refractivity contribution >= 4 is 17.4 Å². The van der Waals surface area contributed by atoms with Gasteiger partial charge in [-0.2, -0.15) is 0 Å². The van der Waals surface area contributed by atoms with Gasteiger partial charge in [-0.15, -0.1) is 0 Å². The molecule has 1 heterocycles. The standard InChI is InChI=1S/C9H9N3O/c1-6-10-7-4-2-3-5-8(7)12-9(13)11-6/h2-5,10H,1H2,(H2,11,12,13). The monoisotopic (exact) mass is 175 g/mol. The summed E-state index contributed by atoms with van der Waals surface area (Å²) in [7, 11) is 0. The van der Waals surface area contributed by atoms with Crippen molar-refractivity contribution in [1.82, 2.24) is 5.32 Å². The Morgan fingerprint density at radius 3 is 2.31 bits per heavy atom. The van der Waals surface area contributed by atoms with Crippen molar-refractivity contribution in [1.29, 1.82) is 0 Å². The fourth-order valence-corrected chi connectivity index (χ4v) is 1.19. The maximum absolute atomic E-state index is 11.1. The molecule has 66 valence electrons. The zero-order valence-electron chi connectivity index (χ0n) is 6.92. The van der Waals surface area contributed by atoms with E-state index in [1.807, 2.05) is 24.3 Å². The fraction of sp³-hybridized carbons (Fsp3) is 0. The smallest absolute Gasteiger partial charge is 0.324 e. The zero-order chi connectivity index (χ0) is 9.26. The van der Waals surface area contributed by atoms with Crippen LogP contribution in [-0.4, -0.2) is 6.03 Å². The van der Waals surface area contributed by atoms with Gasteiger partial charge in [-0.05, 0) is 12.1 Å². The predicted molar refractivity (Wildman–Crippen MR) is 51.4 cm³/mol. The summed E-state index contributed by atoms with van der Waals surface area (Å²) in [6.07, 6.45) is 0. The molecule has 0 aromatic heterocycles. The molecule has 4 heteroatoms. The molecule has 0 saturated heterocycles. The Morgan fingerprint density at radius 2 is 1.62 bits per heavy atom. The lowest BCUT2D eigenvalue weighted by Crippen LogP contribution is -2.27. The van der Waals surface area contributed by atoms with E-state index in [4.69, 9.17) is 0 Å². The Morgan fingerprint density at radius 1 is 1.00 bits per heavy atom. The average Bonchev–Trinajstić information content (AvgIpc) is 2.20. The first-order valence-corrected chi connectivity index (χ1v) is 3.89. The predicted octanol–water partition coefficient (Wildman–Crippen LogP) is 1.70. The van der Waals surface area contributed by atoms with Gasteiger partial charge in [-0.3, -0.25) is 5.32 Å². The van der Waals surface area contributed by atoms with Crippen LogP contribution < -0.4 is 16.0 Å². The van der Waals surface area contributed by atoms with E-state index in [-0.39, 0.29) is 6.03 Å². The molecule has 2 rings (SSSR count). The number of benzene rings is 1. The van der Waals surface area contributed by atoms with Gasteiger partial charge in [-0.25, -0.2) is 4.79 Å². The maximum atomic E-state index is 11.1. The van der Waals surface area contributed by atoms with E-state index in [0.29, 0.717) is 5.82 Å². The Balaban J connectivity index is 2.43. The highest BCUT2D eigenvalue weighted by molar-refractivity contribution is 5.96. The molecule has 1 aliphatic rings. The third-order valence-electron chi connectivity index (χ3n) is 1.73. The van der Waals surface area contributed by atoms with Gasteiger partial charge >= 0.3 is 6.03 Å². The lowest BCUT2D eigenvalue weighted by Gasteiger charge is -2.05. The van der Waals surface area contributed by atoms with E-state index >= 15 is 0 Å². The molecule has 0 aliphatic carbocycles. The topological polar surface area (TPSA) is 53.2 Å². The minimum absolute atomic E-state index is 0.276. The Labute approximate surface area is 75.6 Å². The molecule has 1 aromatic rings. The van der Waals surface area contributed by atoms with Crippen molar-refractivity contribution in [2.75, 3.05) is 10.6 Å². The summed E-state index contributed by atoms with van der Waals surface area (Å²) >= 11 is 0. The van der Waals surface area contributed by atoms with E-state index in [9.17, 15) is 4.79 Å². The molecule has 1 aromatic carbocycles. The van der Waals surface area contributed by atoms with Crippen LogP contribution in [0.5, 0.6) is 0 Å². The van der Waals surface area contributed by atoms with Crippen LogP contribution in [0.1, 0.15) is 0 Å². The number of urea groups is 1. The van der Waals surface area contributed by atoms with Crippen molar-refractivity contribution in [3.8, 4) is 0 Å². The minimum atomic E-state index is -0.276. The number of carbonyl (C=O) groups excluding carboxylic acids is 1. The van der Waals surface area contributed by atoms with Gasteiger partial charge in [0.25, 0.3) is 0 Å². The van der Waals surface area contributed by atoms with Gasteiger partial charge in [0.2, 0.25) is 0 Å². The fourth-order valence-electron chi connectivity index (χ4n) is 1.19. The van der Waals surface area contributed by atoms with Crippen LogP contribution in [0.15, 0.2) is 36.7 Å². The first kappa shape index (κ1) is 7.67. The average molecular weight is 175 g/mol. The molecular weight excluding hydrogens is 166 g/mol. The third-order valence-corrected chi connectivity index (χ3v) is 1.73. The van der Waals surface area contributed by atoms with Gasteiger partial charge in [0.15, 0.2) is 0 Å². The molecule has 4 nitrogen and oxygen atoms in total. The number of fused-ring (bicyclic) bond motifs is 1. The van der Waals surface area contributed by atoms with Crippen LogP contribution >= 0.6 is 0 Å². The number of nitrogens with one attached hydrogen (secondary N) is 3. The number of amides is 2. The molecule has 0 radical (unpaired) electrons. The molecule has 0 fully saturated rings. The highest BCUT2D eigenvalue weighted by Gasteiger charge is 2.11. The van der Waals surface area contributed by atoms with Crippen LogP contribution in [0.2, 0.25) is 0 Å². The highest BCUT2D eigenvalue weighted by Crippen LogP contribution is 2.23. The number of rotatable bonds is 0. The Hall–Kier alpha value is -1.97. The first-order chi connectivity index (χ1) is 6.25. The van der Waals surface area contributed by atoms with Crippen LogP contribution in [0.4, 0.5) is 16.2 Å². The third kappa shape index (κ3) is 1.46. The summed E-state index contributed by atoms with van der Waals surface area (Å²) in [4.78, 5) is 11.1. The zero-order valence-corrected chi connectivity index (χ0v) is 6.92. The van der Waals surface area contributed by atoms with E-state index < -0.39 is 0 Å². The van der Waals surface area contributed by atoms with Crippen LogP contribution in [0.25, 0.3) is 0 Å². The lowest BCUT2D eigenvalue weighted by atomic mass is 10.2. The van der Waals surface area contributed by atoms with Gasteiger partial charge in [0.1, 0.15) is 5.82 Å². The molecule has 0 atom stereocenters. The number of para-hydroxylation sites is 2. The quantitative estimate of drug-likeness (QED) is 0.562. The summed E-state index contributed by atoms with van der Waals surface area (Å²) < 4.78 is 0. The van der Waals surface area contributed by atoms with Crippen molar-refractivity contribution < 1.29 is 4.79 Å². The van der Waals surface area contributed by atoms with Gasteiger partial charge in [-0.1, -0.05) is 18.7 Å². The molecule has 0 bridgehead atoms. The molecule has 0 saturated carbocycles. The highest BCUT2D eigenvalue weighted by atomic mass is 16.2. The lowest BCUT2D eigenvalue weighted by molar-refractivity contribution is 0.254. The van der Waals surface area contributed by atoms with Crippen LogP contribution in [-0.2, 0) is 0 Å². The van der Waals surface area contributed by atoms with Crippen LogP contribution in [0.3, 0.4) is 0 Å². The van der Waals surface area contributed by atoms with E-state index in [0.717, 1.165) is 11.4 Å². The Bertz CT molecular complexity index is 338. The molecule has 3 N–H and O–H groups in total. The molecule has 0 spiro atoms. The minimum Gasteiger partial charge on any atom is -0.340 e. The van der Waals surface area contributed by atoms with E-state index in [1.54, 1.807) is 0 Å². The van der Waals surface area contributed by atoms with Crippen molar-refractivity contribution in [2.45, 2.75) is 0 Å². The van der Waals surface area contributed by atoms with Gasteiger partial charge in [0.05, 0.1) is 11.4 Å². The molecule has 0 unspecified atom stereocenters. The number of hydrogen-bond acceptors (Lipinski definition) is 2. The summed E-state index contributed by atoms with van der Waals surface area (Å²) in [5, 5.41) is 8.18. The van der Waals surface area contributed by atoms with E-state index in [1.165, 1.54) is 0 Å². The summed E-state index contributed by atoms with van der Waals surface area (Å²) in [6.45, 7) is 3.64. The van der Waals surface area contributed by atoms with Crippen molar-refractivity contribution in [2.24, 2.45) is 0 Å². The number of hydrogen-bond donors (Lipinski definition) is 3. The van der Waals surface area contributed by atoms with Gasteiger partial charge < -0.3 is 10.6 Å². The summed E-state index contributed by atoms with van der Waals surface area (Å²) in [5.74, 6) is 0.474. The molecule has 13 heavy (non-hydrogen) atoms. The van der Waals surface area contributed by atoms with Crippen LogP contribution in [0, 0.1) is 0 Å². The number of carbonyl (C=O) groups is 1. The number of anilines is 2. The largest absolute Gasteiger partial charge is 0.340 e. The van der Waals surface area contributed by atoms with Gasteiger partial charge in [0, 0.05) is 0 Å². The molecular formula is C9H9N3O. The molecule has 1 aliphatic heterocycles. The molecule has 2 amide bonds. The summed E-state index contributed by atoms with van der Waals surface area (Å²) in [5.41, 5.74) is 1.59. The first-order valence-electron chi connectivity index (χ1n) is 3.89. The van der Waals surface area contributed by atoms with Crippen molar-refractivity contribution in [3.05, 3.63) is 36.7 Å². The van der Waals surface area contributed by atoms with Crippen molar-refractivity contribution in [3.63, 3.8) is 0 Å². The second-order valence-corrected chi connectivity index (χ2v) is 2.73. The normalized spacial score (nSPS) is 14.8. The second kappa shape index (κ2) is 2.82. The Kier molecular flexibility index (Phi) is 1.66. The second-order valence-electron chi connectivity index (χ2n) is 2.73. The van der Waals surface area contributed by atoms with E-state index in [2.05, 4.69) is 22.5 Å².